The molecule has 87 valence electrons. The number of ether oxygens (including phenoxy) is 1. The van der Waals surface area contributed by atoms with Gasteiger partial charge in [0.05, 0.1) is 10.5 Å². The van der Waals surface area contributed by atoms with Crippen molar-refractivity contribution in [2.24, 2.45) is 0 Å². The normalized spacial score (nSPS) is 10.5. The molecule has 1 heterocycles. The van der Waals surface area contributed by atoms with Crippen LogP contribution in [0, 0.1) is 6.20 Å². The zero-order chi connectivity index (χ0) is 12.4. The zero-order valence-corrected chi connectivity index (χ0v) is 10.2. The van der Waals surface area contributed by atoms with Crippen LogP contribution in [0.15, 0.2) is 54.6 Å². The summed E-state index contributed by atoms with van der Waals surface area (Å²) in [4.78, 5) is 4.21. The Hall–Kier alpha value is -2.06. The zero-order valence-electron chi connectivity index (χ0n) is 9.43. The molecule has 0 aliphatic carbocycles. The fourth-order valence-electron chi connectivity index (χ4n) is 1.70. The third-order valence-electron chi connectivity index (χ3n) is 2.57. The molecule has 0 amide bonds. The molecule has 0 aliphatic rings. The van der Waals surface area contributed by atoms with E-state index in [2.05, 4.69) is 11.2 Å². The highest BCUT2D eigenvalue weighted by Crippen LogP contribution is 2.29. The Balaban J connectivity index is 1.98. The van der Waals surface area contributed by atoms with Crippen LogP contribution in [0.1, 0.15) is 0 Å². The van der Waals surface area contributed by atoms with Crippen LogP contribution in [-0.2, 0) is 0 Å². The van der Waals surface area contributed by atoms with E-state index in [9.17, 15) is 0 Å². The number of pyridine rings is 1. The molecule has 0 saturated carbocycles. The molecule has 0 atom stereocenters. The third kappa shape index (κ3) is 2.15. The van der Waals surface area contributed by atoms with Gasteiger partial charge in [-0.1, -0.05) is 41.9 Å². The van der Waals surface area contributed by atoms with Crippen molar-refractivity contribution in [3.05, 3.63) is 65.8 Å². The van der Waals surface area contributed by atoms with E-state index in [0.717, 1.165) is 10.9 Å². The SMILES string of the molecule is Clc1ccccc1Oc1[c]nc2ccccc2c1. The molecule has 0 unspecified atom stereocenters. The molecular formula is C15H9ClNO. The third-order valence-corrected chi connectivity index (χ3v) is 2.88. The van der Waals surface area contributed by atoms with Gasteiger partial charge in [-0.15, -0.1) is 0 Å². The Morgan fingerprint density at radius 1 is 1.00 bits per heavy atom. The van der Waals surface area contributed by atoms with Crippen molar-refractivity contribution in [1.82, 2.24) is 4.98 Å². The van der Waals surface area contributed by atoms with Gasteiger partial charge in [-0.05, 0) is 24.3 Å². The lowest BCUT2D eigenvalue weighted by Gasteiger charge is -2.07. The van der Waals surface area contributed by atoms with Crippen molar-refractivity contribution < 1.29 is 4.74 Å². The fourth-order valence-corrected chi connectivity index (χ4v) is 1.87. The molecule has 0 N–H and O–H groups in total. The molecule has 1 radical (unpaired) electrons. The predicted molar refractivity (Wildman–Crippen MR) is 72.1 cm³/mol. The minimum absolute atomic E-state index is 0.557. The summed E-state index contributed by atoms with van der Waals surface area (Å²) < 4.78 is 5.67. The van der Waals surface area contributed by atoms with Gasteiger partial charge in [0.1, 0.15) is 11.9 Å². The number of hydrogen-bond donors (Lipinski definition) is 0. The minimum Gasteiger partial charge on any atom is -0.453 e. The molecule has 0 saturated heterocycles. The summed E-state index contributed by atoms with van der Waals surface area (Å²) in [7, 11) is 0. The minimum atomic E-state index is 0.557. The van der Waals surface area contributed by atoms with Crippen LogP contribution in [0.2, 0.25) is 5.02 Å². The molecule has 0 aliphatic heterocycles. The molecular weight excluding hydrogens is 246 g/mol. The van der Waals surface area contributed by atoms with Gasteiger partial charge in [0.25, 0.3) is 0 Å². The van der Waals surface area contributed by atoms with Crippen LogP contribution in [-0.4, -0.2) is 4.98 Å². The van der Waals surface area contributed by atoms with Gasteiger partial charge in [0, 0.05) is 5.39 Å². The smallest absolute Gasteiger partial charge is 0.156 e. The molecule has 0 fully saturated rings. The quantitative estimate of drug-likeness (QED) is 0.673. The first-order chi connectivity index (χ1) is 8.83. The van der Waals surface area contributed by atoms with Gasteiger partial charge in [-0.25, -0.2) is 4.98 Å². The fraction of sp³-hybridized carbons (Fsp3) is 0. The Bertz CT molecular complexity index is 697. The summed E-state index contributed by atoms with van der Waals surface area (Å²) in [5.41, 5.74) is 0.893. The highest BCUT2D eigenvalue weighted by atomic mass is 35.5. The predicted octanol–water partition coefficient (Wildman–Crippen LogP) is 4.48. The van der Waals surface area contributed by atoms with Crippen molar-refractivity contribution in [2.45, 2.75) is 0 Å². The van der Waals surface area contributed by atoms with Crippen molar-refractivity contribution >= 4 is 22.5 Å². The van der Waals surface area contributed by atoms with Gasteiger partial charge in [-0.3, -0.25) is 0 Å². The van der Waals surface area contributed by atoms with E-state index in [1.54, 1.807) is 6.07 Å². The topological polar surface area (TPSA) is 22.1 Å². The van der Waals surface area contributed by atoms with E-state index in [0.29, 0.717) is 16.5 Å². The maximum atomic E-state index is 6.03. The average Bonchev–Trinajstić information content (AvgIpc) is 2.41. The Kier molecular flexibility index (Phi) is 2.87. The Morgan fingerprint density at radius 2 is 1.78 bits per heavy atom. The summed E-state index contributed by atoms with van der Waals surface area (Å²) >= 11 is 6.03. The van der Waals surface area contributed by atoms with Gasteiger partial charge in [0.15, 0.2) is 5.75 Å². The summed E-state index contributed by atoms with van der Waals surface area (Å²) in [6.45, 7) is 0. The van der Waals surface area contributed by atoms with Crippen LogP contribution < -0.4 is 4.74 Å². The number of hydrogen-bond acceptors (Lipinski definition) is 2. The Labute approximate surface area is 110 Å². The lowest BCUT2D eigenvalue weighted by Crippen LogP contribution is -1.87. The largest absolute Gasteiger partial charge is 0.453 e. The molecule has 0 spiro atoms. The first kappa shape index (κ1) is 11.1. The van der Waals surface area contributed by atoms with E-state index in [1.165, 1.54) is 0 Å². The lowest BCUT2D eigenvalue weighted by molar-refractivity contribution is 0.480. The maximum absolute atomic E-state index is 6.03. The van der Waals surface area contributed by atoms with E-state index in [1.807, 2.05) is 48.5 Å². The molecule has 2 nitrogen and oxygen atoms in total. The van der Waals surface area contributed by atoms with Crippen LogP contribution in [0.25, 0.3) is 10.9 Å². The second-order valence-corrected chi connectivity index (χ2v) is 4.23. The van der Waals surface area contributed by atoms with Gasteiger partial charge >= 0.3 is 0 Å². The van der Waals surface area contributed by atoms with E-state index in [4.69, 9.17) is 16.3 Å². The molecule has 1 aromatic heterocycles. The van der Waals surface area contributed by atoms with Crippen molar-refractivity contribution in [3.8, 4) is 11.5 Å². The van der Waals surface area contributed by atoms with E-state index >= 15 is 0 Å². The average molecular weight is 255 g/mol. The molecule has 3 aromatic rings. The lowest BCUT2D eigenvalue weighted by atomic mass is 10.2. The number of rotatable bonds is 2. The summed E-state index contributed by atoms with van der Waals surface area (Å²) in [6.07, 6.45) is 2.86. The van der Waals surface area contributed by atoms with Crippen LogP contribution in [0.5, 0.6) is 11.5 Å². The monoisotopic (exact) mass is 254 g/mol. The number of fused-ring (bicyclic) bond motifs is 1. The van der Waals surface area contributed by atoms with E-state index < -0.39 is 0 Å². The number of benzene rings is 2. The number of aromatic nitrogens is 1. The van der Waals surface area contributed by atoms with Gasteiger partial charge in [0.2, 0.25) is 0 Å². The summed E-state index contributed by atoms with van der Waals surface area (Å²) in [6, 6.07) is 17.0. The Morgan fingerprint density at radius 3 is 2.67 bits per heavy atom. The second-order valence-electron chi connectivity index (χ2n) is 3.82. The highest BCUT2D eigenvalue weighted by molar-refractivity contribution is 6.32. The van der Waals surface area contributed by atoms with Crippen LogP contribution in [0.3, 0.4) is 0 Å². The molecule has 18 heavy (non-hydrogen) atoms. The molecule has 3 heteroatoms. The maximum Gasteiger partial charge on any atom is 0.156 e. The van der Waals surface area contributed by atoms with Crippen molar-refractivity contribution in [3.63, 3.8) is 0 Å². The number of halogens is 1. The summed E-state index contributed by atoms with van der Waals surface area (Å²) in [5, 5.41) is 1.58. The molecule has 0 bridgehead atoms. The van der Waals surface area contributed by atoms with Gasteiger partial charge in [-0.2, -0.15) is 0 Å². The van der Waals surface area contributed by atoms with Gasteiger partial charge < -0.3 is 4.74 Å². The molecule has 2 aromatic carbocycles. The first-order valence-corrected chi connectivity index (χ1v) is 5.90. The van der Waals surface area contributed by atoms with Crippen LogP contribution in [0.4, 0.5) is 0 Å². The number of para-hydroxylation sites is 2. The highest BCUT2D eigenvalue weighted by Gasteiger charge is 2.03. The first-order valence-electron chi connectivity index (χ1n) is 5.53. The van der Waals surface area contributed by atoms with Crippen LogP contribution >= 0.6 is 11.6 Å². The summed E-state index contributed by atoms with van der Waals surface area (Å²) in [5.74, 6) is 1.16. The molecule has 3 rings (SSSR count). The second kappa shape index (κ2) is 4.67. The van der Waals surface area contributed by atoms with Crippen molar-refractivity contribution in [2.75, 3.05) is 0 Å². The number of nitrogens with zero attached hydrogens (tertiary/aromatic N) is 1. The van der Waals surface area contributed by atoms with Crippen molar-refractivity contribution in [1.29, 1.82) is 0 Å². The van der Waals surface area contributed by atoms with E-state index in [-0.39, 0.29) is 0 Å². The standard InChI is InChI=1S/C15H9ClNO/c16-13-6-2-4-8-15(13)18-12-9-11-5-1-3-7-14(11)17-10-12/h1-9H.